The van der Waals surface area contributed by atoms with Gasteiger partial charge in [0.05, 0.1) is 25.2 Å². The van der Waals surface area contributed by atoms with E-state index in [-0.39, 0.29) is 18.0 Å². The Morgan fingerprint density at radius 2 is 2.16 bits per heavy atom. The maximum absolute atomic E-state index is 13.1. The van der Waals surface area contributed by atoms with Gasteiger partial charge in [-0.15, -0.1) is 0 Å². The second-order valence-electron chi connectivity index (χ2n) is 6.82. The first kappa shape index (κ1) is 16.8. The van der Waals surface area contributed by atoms with Gasteiger partial charge in [0.2, 0.25) is 5.91 Å². The first-order valence-electron chi connectivity index (χ1n) is 8.66. The molecule has 4 atom stereocenters. The van der Waals surface area contributed by atoms with Gasteiger partial charge in [0, 0.05) is 10.2 Å². The molecule has 0 saturated carbocycles. The van der Waals surface area contributed by atoms with Gasteiger partial charge < -0.3 is 14.4 Å². The van der Waals surface area contributed by atoms with Crippen molar-refractivity contribution in [1.82, 2.24) is 0 Å². The number of amides is 1. The van der Waals surface area contributed by atoms with Crippen LogP contribution in [0.15, 0.2) is 40.9 Å². The molecule has 0 unspecified atom stereocenters. The highest BCUT2D eigenvalue weighted by atomic mass is 79.9. The van der Waals surface area contributed by atoms with E-state index >= 15 is 0 Å². The van der Waals surface area contributed by atoms with Gasteiger partial charge >= 0.3 is 5.97 Å². The zero-order valence-corrected chi connectivity index (χ0v) is 15.6. The lowest BCUT2D eigenvalue weighted by atomic mass is 9.77. The van der Waals surface area contributed by atoms with Gasteiger partial charge in [0.15, 0.2) is 0 Å². The summed E-state index contributed by atoms with van der Waals surface area (Å²) in [5.41, 5.74) is 0.110. The third-order valence-corrected chi connectivity index (χ3v) is 5.78. The smallest absolute Gasteiger partial charge is 0.312 e. The number of fused-ring (bicyclic) bond motifs is 1. The fourth-order valence-electron chi connectivity index (χ4n) is 4.02. The van der Waals surface area contributed by atoms with Crippen LogP contribution in [-0.4, -0.2) is 36.7 Å². The number of benzene rings is 1. The Hall–Kier alpha value is -1.66. The molecule has 0 radical (unpaired) electrons. The second kappa shape index (κ2) is 6.25. The molecule has 3 heterocycles. The molecule has 0 aliphatic carbocycles. The number of carbonyl (C=O) groups is 2. The fraction of sp³-hybridized carbons (Fsp3) is 0.474. The minimum absolute atomic E-state index is 0.0633. The molecular formula is C19H20BrNO4. The maximum atomic E-state index is 13.1. The lowest BCUT2D eigenvalue weighted by Gasteiger charge is -2.22. The minimum atomic E-state index is -0.705. The molecule has 1 aromatic carbocycles. The normalized spacial score (nSPS) is 32.3. The number of carbonyl (C=O) groups excluding carboxylic acids is 2. The Labute approximate surface area is 155 Å². The van der Waals surface area contributed by atoms with Crippen molar-refractivity contribution in [3.63, 3.8) is 0 Å². The van der Waals surface area contributed by atoms with E-state index in [4.69, 9.17) is 9.47 Å². The Morgan fingerprint density at radius 3 is 2.88 bits per heavy atom. The molecule has 2 bridgehead atoms. The number of ether oxygens (including phenoxy) is 2. The van der Waals surface area contributed by atoms with E-state index < -0.39 is 17.4 Å². The van der Waals surface area contributed by atoms with Gasteiger partial charge in [-0.3, -0.25) is 9.59 Å². The fourth-order valence-corrected chi connectivity index (χ4v) is 4.28. The summed E-state index contributed by atoms with van der Waals surface area (Å²) in [6.07, 6.45) is 5.29. The van der Waals surface area contributed by atoms with Crippen molar-refractivity contribution in [1.29, 1.82) is 0 Å². The Bertz CT molecular complexity index is 731. The summed E-state index contributed by atoms with van der Waals surface area (Å²) in [4.78, 5) is 27.4. The van der Waals surface area contributed by atoms with Crippen LogP contribution in [0, 0.1) is 11.8 Å². The SMILES string of the molecule is CCCCOC(=O)[C@H]1[C@H]2C(=O)N(c3ccc(Br)cc3)C[C@]23C=C[C@H]1O3. The van der Waals surface area contributed by atoms with Gasteiger partial charge in [-0.2, -0.15) is 0 Å². The van der Waals surface area contributed by atoms with Crippen molar-refractivity contribution in [2.75, 3.05) is 18.1 Å². The minimum Gasteiger partial charge on any atom is -0.465 e. The summed E-state index contributed by atoms with van der Waals surface area (Å²) in [5, 5.41) is 0. The Balaban J connectivity index is 1.59. The number of anilines is 1. The van der Waals surface area contributed by atoms with Gasteiger partial charge in [-0.05, 0) is 30.7 Å². The van der Waals surface area contributed by atoms with E-state index in [1.165, 1.54) is 0 Å². The van der Waals surface area contributed by atoms with Crippen molar-refractivity contribution < 1.29 is 19.1 Å². The molecule has 0 N–H and O–H groups in total. The van der Waals surface area contributed by atoms with Crippen molar-refractivity contribution in [3.8, 4) is 0 Å². The maximum Gasteiger partial charge on any atom is 0.312 e. The number of halogens is 1. The monoisotopic (exact) mass is 405 g/mol. The van der Waals surface area contributed by atoms with Crippen LogP contribution < -0.4 is 4.90 Å². The summed E-state index contributed by atoms with van der Waals surface area (Å²) >= 11 is 3.41. The average Bonchev–Trinajstić information content (AvgIpc) is 3.24. The van der Waals surface area contributed by atoms with Crippen LogP contribution in [-0.2, 0) is 19.1 Å². The zero-order chi connectivity index (χ0) is 17.6. The van der Waals surface area contributed by atoms with E-state index in [1.807, 2.05) is 43.3 Å². The molecule has 2 fully saturated rings. The molecule has 4 rings (SSSR count). The molecule has 1 amide bonds. The van der Waals surface area contributed by atoms with Gasteiger partial charge in [-0.25, -0.2) is 0 Å². The summed E-state index contributed by atoms with van der Waals surface area (Å²) in [6, 6.07) is 7.59. The molecule has 1 aromatic rings. The molecule has 3 aliphatic rings. The van der Waals surface area contributed by atoms with Gasteiger partial charge in [0.1, 0.15) is 11.5 Å². The standard InChI is InChI=1S/C19H20BrNO4/c1-2-3-10-24-18(23)15-14-8-9-19(25-14)11-21(17(22)16(15)19)13-6-4-12(20)5-7-13/h4-9,14-16H,2-3,10-11H2,1H3/t14-,15-,16+,19-/m1/s1. The largest absolute Gasteiger partial charge is 0.465 e. The van der Waals surface area contributed by atoms with E-state index in [2.05, 4.69) is 15.9 Å². The average molecular weight is 406 g/mol. The lowest BCUT2D eigenvalue weighted by Crippen LogP contribution is -2.40. The van der Waals surface area contributed by atoms with Crippen molar-refractivity contribution in [2.45, 2.75) is 31.5 Å². The molecule has 132 valence electrons. The second-order valence-corrected chi connectivity index (χ2v) is 7.74. The van der Waals surface area contributed by atoms with Crippen LogP contribution in [0.5, 0.6) is 0 Å². The predicted molar refractivity (Wildman–Crippen MR) is 96.1 cm³/mol. The predicted octanol–water partition coefficient (Wildman–Crippen LogP) is 3.08. The first-order valence-corrected chi connectivity index (χ1v) is 9.46. The van der Waals surface area contributed by atoms with E-state index in [9.17, 15) is 9.59 Å². The Morgan fingerprint density at radius 1 is 1.40 bits per heavy atom. The van der Waals surface area contributed by atoms with E-state index in [1.54, 1.807) is 4.90 Å². The first-order chi connectivity index (χ1) is 12.1. The molecule has 0 aromatic heterocycles. The third kappa shape index (κ3) is 2.62. The number of hydrogen-bond acceptors (Lipinski definition) is 4. The summed E-state index contributed by atoms with van der Waals surface area (Å²) in [6.45, 7) is 2.87. The number of nitrogens with zero attached hydrogens (tertiary/aromatic N) is 1. The number of hydrogen-bond donors (Lipinski definition) is 0. The highest BCUT2D eigenvalue weighted by Crippen LogP contribution is 2.52. The van der Waals surface area contributed by atoms with Crippen LogP contribution in [0.4, 0.5) is 5.69 Å². The molecule has 2 saturated heterocycles. The topological polar surface area (TPSA) is 55.8 Å². The van der Waals surface area contributed by atoms with Gasteiger partial charge in [0.25, 0.3) is 0 Å². The number of esters is 1. The highest BCUT2D eigenvalue weighted by Gasteiger charge is 2.67. The van der Waals surface area contributed by atoms with Crippen molar-refractivity contribution in [3.05, 3.63) is 40.9 Å². The summed E-state index contributed by atoms with van der Waals surface area (Å²) in [5.74, 6) is -1.43. The Kier molecular flexibility index (Phi) is 4.20. The third-order valence-electron chi connectivity index (χ3n) is 5.25. The molecule has 6 heteroatoms. The van der Waals surface area contributed by atoms with E-state index in [0.29, 0.717) is 13.2 Å². The number of unbranched alkanes of at least 4 members (excludes halogenated alkanes) is 1. The molecule has 3 aliphatic heterocycles. The van der Waals surface area contributed by atoms with Crippen LogP contribution >= 0.6 is 15.9 Å². The highest BCUT2D eigenvalue weighted by molar-refractivity contribution is 9.10. The van der Waals surface area contributed by atoms with Crippen LogP contribution in [0.2, 0.25) is 0 Å². The lowest BCUT2D eigenvalue weighted by molar-refractivity contribution is -0.152. The zero-order valence-electron chi connectivity index (χ0n) is 14.0. The van der Waals surface area contributed by atoms with Gasteiger partial charge in [-0.1, -0.05) is 41.4 Å². The van der Waals surface area contributed by atoms with Crippen molar-refractivity contribution >= 4 is 33.5 Å². The summed E-state index contributed by atoms with van der Waals surface area (Å²) < 4.78 is 12.4. The number of rotatable bonds is 5. The van der Waals surface area contributed by atoms with E-state index in [0.717, 1.165) is 23.0 Å². The molecule has 1 spiro atoms. The molecular weight excluding hydrogens is 386 g/mol. The van der Waals surface area contributed by atoms with Crippen LogP contribution in [0.3, 0.4) is 0 Å². The van der Waals surface area contributed by atoms with Crippen molar-refractivity contribution in [2.24, 2.45) is 11.8 Å². The summed E-state index contributed by atoms with van der Waals surface area (Å²) in [7, 11) is 0. The quantitative estimate of drug-likeness (QED) is 0.429. The van der Waals surface area contributed by atoms with Crippen LogP contribution in [0.1, 0.15) is 19.8 Å². The van der Waals surface area contributed by atoms with Crippen LogP contribution in [0.25, 0.3) is 0 Å². The molecule has 5 nitrogen and oxygen atoms in total. The molecule has 25 heavy (non-hydrogen) atoms.